The van der Waals surface area contributed by atoms with Crippen molar-refractivity contribution in [3.63, 3.8) is 0 Å². The number of nitrogens with one attached hydrogen (secondary N) is 3. The summed E-state index contributed by atoms with van der Waals surface area (Å²) in [4.78, 5) is 42.0. The van der Waals surface area contributed by atoms with Gasteiger partial charge in [0, 0.05) is 59.7 Å². The number of halogens is 1. The number of H-pyrrole nitrogens is 1. The van der Waals surface area contributed by atoms with E-state index in [2.05, 4.69) is 15.6 Å². The second-order valence-electron chi connectivity index (χ2n) is 14.6. The fraction of sp³-hybridized carbons (Fsp3) is 0.326. The Morgan fingerprint density at radius 2 is 1.80 bits per heavy atom. The molecule has 8 N–H and O–H groups in total. The number of phenols is 1. The average molecular weight is 782 g/mol. The number of methoxy groups -OCH3 is 1. The number of phenolic OH excluding ortho intramolecular Hbond substituents is 1. The molecule has 56 heavy (non-hydrogen) atoms. The monoisotopic (exact) mass is 781 g/mol. The van der Waals surface area contributed by atoms with Crippen molar-refractivity contribution >= 4 is 45.9 Å². The van der Waals surface area contributed by atoms with Crippen LogP contribution in [0.5, 0.6) is 11.5 Å². The molecule has 0 aliphatic heterocycles. The summed E-state index contributed by atoms with van der Waals surface area (Å²) in [5.41, 5.74) is 10.4. The minimum atomic E-state index is -1.01. The van der Waals surface area contributed by atoms with Gasteiger partial charge in [0.25, 0.3) is 0 Å². The van der Waals surface area contributed by atoms with Gasteiger partial charge >= 0.3 is 6.09 Å². The van der Waals surface area contributed by atoms with Gasteiger partial charge in [0.05, 0.1) is 35.1 Å². The summed E-state index contributed by atoms with van der Waals surface area (Å²) in [7, 11) is 1.52. The van der Waals surface area contributed by atoms with Gasteiger partial charge in [-0.05, 0) is 86.4 Å². The fourth-order valence-electron chi connectivity index (χ4n) is 7.58. The third-order valence-corrected chi connectivity index (χ3v) is 11.0. The lowest BCUT2D eigenvalue weighted by atomic mass is 9.79. The number of aromatic amines is 1. The Labute approximate surface area is 330 Å². The molecule has 5 aromatic rings. The molecule has 13 heteroatoms. The smallest absolute Gasteiger partial charge is 0.412 e. The molecule has 1 heterocycles. The van der Waals surface area contributed by atoms with E-state index in [9.17, 15) is 29.7 Å². The van der Waals surface area contributed by atoms with Crippen molar-refractivity contribution in [3.05, 3.63) is 117 Å². The molecule has 0 unspecified atom stereocenters. The largest absolute Gasteiger partial charge is 0.506 e. The molecule has 6 rings (SSSR count). The van der Waals surface area contributed by atoms with Crippen molar-refractivity contribution in [2.45, 2.75) is 76.1 Å². The van der Waals surface area contributed by atoms with Crippen LogP contribution in [-0.4, -0.2) is 57.5 Å². The van der Waals surface area contributed by atoms with E-state index in [1.54, 1.807) is 24.3 Å². The maximum atomic E-state index is 13.2. The number of carbonyl (C=O) groups excluding carboxylic acids is 1. The van der Waals surface area contributed by atoms with E-state index in [1.807, 2.05) is 55.5 Å². The van der Waals surface area contributed by atoms with Crippen LogP contribution >= 0.6 is 11.6 Å². The zero-order valence-corrected chi connectivity index (χ0v) is 32.2. The lowest BCUT2D eigenvalue weighted by molar-refractivity contribution is -0.116. The van der Waals surface area contributed by atoms with Gasteiger partial charge in [-0.1, -0.05) is 60.1 Å². The highest BCUT2D eigenvalue weighted by Crippen LogP contribution is 2.41. The average Bonchev–Trinajstić information content (AvgIpc) is 3.17. The summed E-state index contributed by atoms with van der Waals surface area (Å²) in [5, 5.41) is 38.6. The maximum Gasteiger partial charge on any atom is 0.412 e. The quantitative estimate of drug-likeness (QED) is 0.0599. The minimum absolute atomic E-state index is 0.0666. The molecule has 1 fully saturated rings. The van der Waals surface area contributed by atoms with E-state index in [1.165, 1.54) is 24.1 Å². The highest BCUT2D eigenvalue weighted by atomic mass is 35.5. The molecular formula is C43H48ClN5O7. The van der Waals surface area contributed by atoms with Gasteiger partial charge in [-0.2, -0.15) is 0 Å². The normalized spacial score (nSPS) is 17.3. The topological polar surface area (TPSA) is 190 Å². The van der Waals surface area contributed by atoms with Crippen LogP contribution in [0.3, 0.4) is 0 Å². The maximum absolute atomic E-state index is 13.2. The third kappa shape index (κ3) is 9.17. The van der Waals surface area contributed by atoms with Gasteiger partial charge in [0.15, 0.2) is 0 Å². The molecular weight excluding hydrogens is 734 g/mol. The van der Waals surface area contributed by atoms with E-state index in [0.29, 0.717) is 64.3 Å². The summed E-state index contributed by atoms with van der Waals surface area (Å²) in [6.07, 6.45) is 2.14. The van der Waals surface area contributed by atoms with Crippen LogP contribution in [0, 0.1) is 0 Å². The van der Waals surface area contributed by atoms with Crippen LogP contribution in [0.2, 0.25) is 5.02 Å². The Morgan fingerprint density at radius 3 is 2.52 bits per heavy atom. The molecule has 4 aromatic carbocycles. The van der Waals surface area contributed by atoms with Crippen LogP contribution in [-0.2, 0) is 17.8 Å². The lowest BCUT2D eigenvalue weighted by Gasteiger charge is -2.44. The van der Waals surface area contributed by atoms with E-state index < -0.39 is 17.7 Å². The van der Waals surface area contributed by atoms with E-state index in [0.717, 1.165) is 29.5 Å². The number of amides is 2. The molecule has 2 amide bonds. The second kappa shape index (κ2) is 17.6. The first-order valence-electron chi connectivity index (χ1n) is 18.7. The van der Waals surface area contributed by atoms with Gasteiger partial charge in [-0.25, -0.2) is 4.79 Å². The number of hydrogen-bond donors (Lipinski definition) is 7. The number of nitrogens with zero attached hydrogens (tertiary/aromatic N) is 1. The summed E-state index contributed by atoms with van der Waals surface area (Å²) < 4.78 is 5.60. The molecule has 1 atom stereocenters. The summed E-state index contributed by atoms with van der Waals surface area (Å²) in [6.45, 7) is 2.44. The molecule has 1 aliphatic carbocycles. The van der Waals surface area contributed by atoms with E-state index in [4.69, 9.17) is 22.1 Å². The number of hydrogen-bond acceptors (Lipinski definition) is 8. The number of fused-ring (bicyclic) bond motifs is 1. The van der Waals surface area contributed by atoms with E-state index in [-0.39, 0.29) is 48.3 Å². The number of carbonyl (C=O) groups is 2. The summed E-state index contributed by atoms with van der Waals surface area (Å²) >= 11 is 6.62. The molecule has 12 nitrogen and oxygen atoms in total. The number of rotatable bonds is 14. The van der Waals surface area contributed by atoms with E-state index >= 15 is 0 Å². The number of benzene rings is 4. The zero-order chi connectivity index (χ0) is 40.0. The first kappa shape index (κ1) is 40.3. The standard InChI is InChI=1S/C43H48ClN5O7/c1-43(19-17-29(45)18-20-43)49(42(54)55)35-21-26(11-12-30(35)27-8-4-3-5-9-27)7-6-10-39(52)47-34-23-38(56-2)28(22-33(34)44)24-46-25-37(51)31-13-15-36(50)41-32(31)14-16-40(53)48-41/h3-5,8-9,11-16,21-23,29,37,46,50-51H,6-7,10,17-20,24-25,45H2,1-2H3,(H,47,52)(H,48,53)(H,54,55)/t29?,37-,43?/m1/s1. The molecule has 0 spiro atoms. The van der Waals surface area contributed by atoms with Crippen LogP contribution < -0.4 is 31.6 Å². The van der Waals surface area contributed by atoms with Crippen LogP contribution in [0.1, 0.15) is 68.2 Å². The van der Waals surface area contributed by atoms with Gasteiger partial charge in [-0.15, -0.1) is 0 Å². The zero-order valence-electron chi connectivity index (χ0n) is 31.5. The highest BCUT2D eigenvalue weighted by molar-refractivity contribution is 6.33. The number of anilines is 2. The second-order valence-corrected chi connectivity index (χ2v) is 15.1. The van der Waals surface area contributed by atoms with Crippen molar-refractivity contribution in [2.24, 2.45) is 5.73 Å². The van der Waals surface area contributed by atoms with Crippen LogP contribution in [0.25, 0.3) is 22.0 Å². The van der Waals surface area contributed by atoms with Crippen molar-refractivity contribution in [1.29, 1.82) is 0 Å². The van der Waals surface area contributed by atoms with Gasteiger partial charge in [0.1, 0.15) is 11.5 Å². The number of aromatic hydroxyl groups is 1. The number of aryl methyl sites for hydroxylation is 1. The Morgan fingerprint density at radius 1 is 1.05 bits per heavy atom. The molecule has 1 aliphatic rings. The predicted molar refractivity (Wildman–Crippen MR) is 220 cm³/mol. The highest BCUT2D eigenvalue weighted by Gasteiger charge is 2.40. The minimum Gasteiger partial charge on any atom is -0.506 e. The Bertz CT molecular complexity index is 2260. The number of nitrogens with two attached hydrogens (primary N) is 1. The molecule has 294 valence electrons. The first-order chi connectivity index (χ1) is 26.9. The molecule has 0 bridgehead atoms. The molecule has 0 radical (unpaired) electrons. The number of aliphatic hydroxyl groups is 1. The fourth-order valence-corrected chi connectivity index (χ4v) is 7.81. The van der Waals surface area contributed by atoms with Crippen LogP contribution in [0.4, 0.5) is 16.2 Å². The SMILES string of the molecule is COc1cc(NC(=O)CCCc2ccc(-c3ccccc3)c(N(C(=O)O)C3(C)CCC(N)CC3)c2)c(Cl)cc1CNC[C@@H](O)c1ccc(O)c2[nH]c(=O)ccc12. The molecule has 1 aromatic heterocycles. The van der Waals surface area contributed by atoms with Crippen molar-refractivity contribution < 1.29 is 29.6 Å². The molecule has 1 saturated carbocycles. The third-order valence-electron chi connectivity index (χ3n) is 10.7. The van der Waals surface area contributed by atoms with Crippen molar-refractivity contribution in [3.8, 4) is 22.6 Å². The Hall–Kier alpha value is -5.40. The van der Waals surface area contributed by atoms with Gasteiger partial charge in [-0.3, -0.25) is 14.5 Å². The van der Waals surface area contributed by atoms with Gasteiger partial charge in [0.2, 0.25) is 11.5 Å². The van der Waals surface area contributed by atoms with Crippen LogP contribution in [0.15, 0.2) is 89.7 Å². The van der Waals surface area contributed by atoms with Crippen molar-refractivity contribution in [1.82, 2.24) is 10.3 Å². The number of aliphatic hydroxyl groups excluding tert-OH is 1. The summed E-state index contributed by atoms with van der Waals surface area (Å²) in [5.74, 6) is 0.169. The Kier molecular flexibility index (Phi) is 12.7. The van der Waals surface area contributed by atoms with Gasteiger partial charge < -0.3 is 41.4 Å². The Balaban J connectivity index is 1.09. The summed E-state index contributed by atoms with van der Waals surface area (Å²) in [6, 6.07) is 25.0. The number of ether oxygens (including phenoxy) is 1. The predicted octanol–water partition coefficient (Wildman–Crippen LogP) is 7.49. The lowest BCUT2D eigenvalue weighted by Crippen LogP contribution is -2.53. The first-order valence-corrected chi connectivity index (χ1v) is 19.1. The molecule has 0 saturated heterocycles. The van der Waals surface area contributed by atoms with Crippen molar-refractivity contribution in [2.75, 3.05) is 23.9 Å². The number of carboxylic acid groups (broad SMARTS) is 1. The number of aromatic nitrogens is 1. The number of pyridine rings is 1.